The minimum absolute atomic E-state index is 0.523. The molecule has 5 heteroatoms. The predicted molar refractivity (Wildman–Crippen MR) is 226 cm³/mol. The molecular formula is C50H29N5. The highest BCUT2D eigenvalue weighted by Crippen LogP contribution is 2.43. The molecule has 8 aromatic carbocycles. The second-order valence-corrected chi connectivity index (χ2v) is 13.9. The second-order valence-electron chi connectivity index (χ2n) is 13.9. The average molecular weight is 700 g/mol. The van der Waals surface area contributed by atoms with Crippen LogP contribution in [0.3, 0.4) is 0 Å². The molecule has 3 aromatic heterocycles. The van der Waals surface area contributed by atoms with E-state index in [2.05, 4.69) is 164 Å². The van der Waals surface area contributed by atoms with E-state index in [9.17, 15) is 5.26 Å². The summed E-state index contributed by atoms with van der Waals surface area (Å²) in [6.07, 6.45) is 0. The standard InChI is InChI=1S/C50H29N5/c1-52-42-21-11-18-35(49(42)55-46-25-9-5-16-38(46)40-19-10-13-33(31-51)48(40)55)32-27-29-34(30-28-32)53-43-22-6-4-17-39(43)41-20-12-26-47(50(41)53)54-44-23-7-2-14-36(44)37-15-3-8-24-45(37)54/h2-30H. The van der Waals surface area contributed by atoms with E-state index in [1.807, 2.05) is 36.4 Å². The third kappa shape index (κ3) is 4.33. The predicted octanol–water partition coefficient (Wildman–Crippen LogP) is 13.1. The lowest BCUT2D eigenvalue weighted by molar-refractivity contribution is 1.13. The molecule has 11 rings (SSSR count). The molecule has 0 saturated carbocycles. The monoisotopic (exact) mass is 699 g/mol. The van der Waals surface area contributed by atoms with Gasteiger partial charge in [0.15, 0.2) is 0 Å². The zero-order valence-corrected chi connectivity index (χ0v) is 29.5. The van der Waals surface area contributed by atoms with Gasteiger partial charge in [0.1, 0.15) is 6.07 Å². The van der Waals surface area contributed by atoms with Crippen LogP contribution in [0.15, 0.2) is 176 Å². The molecule has 0 amide bonds. The molecule has 11 aromatic rings. The van der Waals surface area contributed by atoms with Crippen LogP contribution in [-0.4, -0.2) is 13.7 Å². The molecule has 0 radical (unpaired) electrons. The zero-order chi connectivity index (χ0) is 36.6. The van der Waals surface area contributed by atoms with Crippen molar-refractivity contribution in [3.63, 3.8) is 0 Å². The maximum Gasteiger partial charge on any atom is 0.211 e. The molecule has 0 saturated heterocycles. The molecular weight excluding hydrogens is 671 g/mol. The number of benzene rings is 8. The van der Waals surface area contributed by atoms with E-state index in [-0.39, 0.29) is 0 Å². The molecule has 0 unspecified atom stereocenters. The highest BCUT2D eigenvalue weighted by Gasteiger charge is 2.22. The summed E-state index contributed by atoms with van der Waals surface area (Å²) >= 11 is 0. The Bertz CT molecular complexity index is 3400. The first kappa shape index (κ1) is 30.7. The Hall–Kier alpha value is -7.86. The largest absolute Gasteiger partial charge is 0.317 e. The van der Waals surface area contributed by atoms with Crippen LogP contribution in [0.25, 0.3) is 98.5 Å². The fraction of sp³-hybridized carbons (Fsp3) is 0. The Balaban J connectivity index is 1.16. The summed E-state index contributed by atoms with van der Waals surface area (Å²) < 4.78 is 6.90. The lowest BCUT2D eigenvalue weighted by Gasteiger charge is -2.17. The number of fused-ring (bicyclic) bond motifs is 9. The van der Waals surface area contributed by atoms with E-state index in [0.717, 1.165) is 61.0 Å². The lowest BCUT2D eigenvalue weighted by atomic mass is 10.0. The molecule has 0 fully saturated rings. The Morgan fingerprint density at radius 2 is 0.927 bits per heavy atom. The van der Waals surface area contributed by atoms with Gasteiger partial charge >= 0.3 is 0 Å². The van der Waals surface area contributed by atoms with E-state index in [4.69, 9.17) is 6.57 Å². The first-order chi connectivity index (χ1) is 27.2. The lowest BCUT2D eigenvalue weighted by Crippen LogP contribution is -2.01. The van der Waals surface area contributed by atoms with Gasteiger partial charge in [-0.3, -0.25) is 0 Å². The van der Waals surface area contributed by atoms with Crippen molar-refractivity contribution in [2.75, 3.05) is 0 Å². The number of aromatic nitrogens is 3. The highest BCUT2D eigenvalue weighted by atomic mass is 15.1. The van der Waals surface area contributed by atoms with Crippen LogP contribution in [-0.2, 0) is 0 Å². The Morgan fingerprint density at radius 1 is 0.436 bits per heavy atom. The summed E-state index contributed by atoms with van der Waals surface area (Å²) in [6.45, 7) is 8.26. The van der Waals surface area contributed by atoms with Gasteiger partial charge in [0.05, 0.1) is 56.6 Å². The topological polar surface area (TPSA) is 42.9 Å². The van der Waals surface area contributed by atoms with Crippen molar-refractivity contribution in [2.24, 2.45) is 0 Å². The van der Waals surface area contributed by atoms with Gasteiger partial charge in [0.2, 0.25) is 5.69 Å². The summed E-state index contributed by atoms with van der Waals surface area (Å²) in [4.78, 5) is 4.03. The minimum Gasteiger partial charge on any atom is -0.317 e. The SMILES string of the molecule is [C-]#[N+]c1cccc(-c2ccc(-n3c4ccccc4c4cccc(-n5c6ccccc6c6ccccc65)c43)cc2)c1-n1c2ccccc2c2cccc(C#N)c21. The van der Waals surface area contributed by atoms with Crippen molar-refractivity contribution < 1.29 is 0 Å². The van der Waals surface area contributed by atoms with E-state index < -0.39 is 0 Å². The molecule has 0 aliphatic carbocycles. The van der Waals surface area contributed by atoms with Crippen molar-refractivity contribution in [1.82, 2.24) is 13.7 Å². The molecule has 0 atom stereocenters. The second kappa shape index (κ2) is 11.8. The van der Waals surface area contributed by atoms with E-state index in [1.54, 1.807) is 0 Å². The summed E-state index contributed by atoms with van der Waals surface area (Å²) in [6, 6.07) is 63.6. The van der Waals surface area contributed by atoms with Crippen molar-refractivity contribution in [3.8, 4) is 34.3 Å². The van der Waals surface area contributed by atoms with Gasteiger partial charge < -0.3 is 13.7 Å². The van der Waals surface area contributed by atoms with Gasteiger partial charge in [-0.2, -0.15) is 5.26 Å². The van der Waals surface area contributed by atoms with Crippen molar-refractivity contribution in [1.29, 1.82) is 5.26 Å². The normalized spacial score (nSPS) is 11.6. The van der Waals surface area contributed by atoms with Crippen LogP contribution in [0.1, 0.15) is 5.56 Å². The average Bonchev–Trinajstić information content (AvgIpc) is 3.89. The first-order valence-corrected chi connectivity index (χ1v) is 18.3. The quantitative estimate of drug-likeness (QED) is 0.169. The third-order valence-electron chi connectivity index (χ3n) is 11.1. The molecule has 0 aliphatic heterocycles. The maximum absolute atomic E-state index is 10.3. The van der Waals surface area contributed by atoms with Crippen LogP contribution < -0.4 is 0 Å². The number of nitriles is 1. The van der Waals surface area contributed by atoms with Gasteiger partial charge in [-0.25, -0.2) is 4.85 Å². The van der Waals surface area contributed by atoms with E-state index >= 15 is 0 Å². The number of hydrogen-bond donors (Lipinski definition) is 0. The van der Waals surface area contributed by atoms with E-state index in [1.165, 1.54) is 32.6 Å². The first-order valence-electron chi connectivity index (χ1n) is 18.3. The van der Waals surface area contributed by atoms with Crippen LogP contribution in [0.5, 0.6) is 0 Å². The van der Waals surface area contributed by atoms with Crippen LogP contribution in [0.2, 0.25) is 0 Å². The molecule has 55 heavy (non-hydrogen) atoms. The van der Waals surface area contributed by atoms with Crippen molar-refractivity contribution >= 4 is 71.1 Å². The molecule has 0 aliphatic rings. The molecule has 0 bridgehead atoms. The van der Waals surface area contributed by atoms with Gasteiger partial charge in [-0.05, 0) is 59.7 Å². The molecule has 254 valence electrons. The number of nitrogens with zero attached hydrogens (tertiary/aromatic N) is 5. The maximum atomic E-state index is 10.3. The fourth-order valence-corrected chi connectivity index (χ4v) is 8.85. The number of rotatable bonds is 4. The molecule has 0 N–H and O–H groups in total. The minimum atomic E-state index is 0.523. The van der Waals surface area contributed by atoms with Gasteiger partial charge in [-0.15, -0.1) is 0 Å². The van der Waals surface area contributed by atoms with Crippen LogP contribution in [0, 0.1) is 17.9 Å². The van der Waals surface area contributed by atoms with Crippen molar-refractivity contribution in [2.45, 2.75) is 0 Å². The Morgan fingerprint density at radius 3 is 1.53 bits per heavy atom. The van der Waals surface area contributed by atoms with Gasteiger partial charge in [0.25, 0.3) is 0 Å². The zero-order valence-electron chi connectivity index (χ0n) is 29.5. The fourth-order valence-electron chi connectivity index (χ4n) is 8.85. The van der Waals surface area contributed by atoms with E-state index in [0.29, 0.717) is 11.3 Å². The Kier molecular flexibility index (Phi) is 6.61. The number of para-hydroxylation sites is 7. The summed E-state index contributed by atoms with van der Waals surface area (Å²) in [5.74, 6) is 0. The van der Waals surface area contributed by atoms with Crippen molar-refractivity contribution in [3.05, 3.63) is 193 Å². The van der Waals surface area contributed by atoms with Gasteiger partial charge in [0, 0.05) is 38.0 Å². The smallest absolute Gasteiger partial charge is 0.211 e. The Labute approximate surface area is 316 Å². The van der Waals surface area contributed by atoms with Crippen LogP contribution in [0.4, 0.5) is 5.69 Å². The van der Waals surface area contributed by atoms with Crippen LogP contribution >= 0.6 is 0 Å². The third-order valence-corrected chi connectivity index (χ3v) is 11.1. The molecule has 5 nitrogen and oxygen atoms in total. The molecule has 0 spiro atoms. The highest BCUT2D eigenvalue weighted by molar-refractivity contribution is 6.15. The number of hydrogen-bond acceptors (Lipinski definition) is 1. The van der Waals surface area contributed by atoms with Gasteiger partial charge in [-0.1, -0.05) is 127 Å². The molecule has 3 heterocycles. The summed E-state index contributed by atoms with van der Waals surface area (Å²) in [7, 11) is 0. The summed E-state index contributed by atoms with van der Waals surface area (Å²) in [5, 5.41) is 17.1. The summed E-state index contributed by atoms with van der Waals surface area (Å²) in [5.41, 5.74) is 12.3.